The standard InChI is InChI=1S/C11H15N5O4S/c1-15-3-16(8-5(15)9(21)14-11(12)13-8)10-7(19)6(18)4(2-17)20-10/h3-4,6-7,10,17-19H,2H2,1H3,(H2-,12,13,14,21)/t4-,6-,7-,10-/m1/s1. The maximum atomic E-state index is 10.1. The normalized spacial score (nSPS) is 29.3. The number of aromatic nitrogens is 4. The lowest BCUT2D eigenvalue weighted by Gasteiger charge is -2.12. The highest BCUT2D eigenvalue weighted by Crippen LogP contribution is 2.27. The van der Waals surface area contributed by atoms with Gasteiger partial charge in [-0.2, -0.15) is 0 Å². The third-order valence-electron chi connectivity index (χ3n) is 3.54. The Hall–Kier alpha value is -1.59. The highest BCUT2D eigenvalue weighted by Gasteiger charge is 2.46. The summed E-state index contributed by atoms with van der Waals surface area (Å²) in [6, 6.07) is 0. The number of aliphatic hydroxyl groups is 3. The molecule has 5 N–H and O–H groups in total. The minimum Gasteiger partial charge on any atom is -0.756 e. The second-order valence-electron chi connectivity index (χ2n) is 4.92. The van der Waals surface area contributed by atoms with E-state index in [9.17, 15) is 10.2 Å². The van der Waals surface area contributed by atoms with Crippen molar-refractivity contribution < 1.29 is 24.6 Å². The maximum Gasteiger partial charge on any atom is 0.308 e. The van der Waals surface area contributed by atoms with Gasteiger partial charge in [0.2, 0.25) is 6.23 Å². The number of hydrogen-bond acceptors (Lipinski definition) is 8. The van der Waals surface area contributed by atoms with Crippen molar-refractivity contribution in [3.05, 3.63) is 6.33 Å². The van der Waals surface area contributed by atoms with Crippen molar-refractivity contribution >= 4 is 29.7 Å². The van der Waals surface area contributed by atoms with Gasteiger partial charge in [0.15, 0.2) is 11.8 Å². The molecule has 3 rings (SSSR count). The molecule has 21 heavy (non-hydrogen) atoms. The lowest BCUT2D eigenvalue weighted by atomic mass is 10.1. The molecule has 0 radical (unpaired) electrons. The topological polar surface area (TPSA) is 131 Å². The molecule has 114 valence electrons. The quantitative estimate of drug-likeness (QED) is 0.269. The Kier molecular flexibility index (Phi) is 3.42. The summed E-state index contributed by atoms with van der Waals surface area (Å²) in [5.41, 5.74) is 6.57. The van der Waals surface area contributed by atoms with Crippen molar-refractivity contribution in [2.75, 3.05) is 12.3 Å². The van der Waals surface area contributed by atoms with Gasteiger partial charge in [0.1, 0.15) is 18.3 Å². The van der Waals surface area contributed by atoms with Crippen LogP contribution in [0.5, 0.6) is 0 Å². The number of ether oxygens (including phenoxy) is 1. The monoisotopic (exact) mass is 313 g/mol. The van der Waals surface area contributed by atoms with Crippen molar-refractivity contribution in [2.45, 2.75) is 29.6 Å². The second kappa shape index (κ2) is 5.00. The molecule has 1 saturated heterocycles. The molecule has 9 nitrogen and oxygen atoms in total. The van der Waals surface area contributed by atoms with Gasteiger partial charge in [-0.15, -0.1) is 0 Å². The number of hydrogen-bond donors (Lipinski definition) is 4. The molecular formula is C11H15N5O4S. The molecule has 2 aromatic rings. The number of nitrogen functional groups attached to an aromatic ring is 1. The van der Waals surface area contributed by atoms with E-state index in [4.69, 9.17) is 28.2 Å². The van der Waals surface area contributed by atoms with Crippen LogP contribution in [-0.2, 0) is 24.4 Å². The molecule has 1 aliphatic rings. The Morgan fingerprint density at radius 3 is 2.76 bits per heavy atom. The van der Waals surface area contributed by atoms with Crippen LogP contribution in [0.3, 0.4) is 0 Å². The number of aryl methyl sites for hydroxylation is 1. The van der Waals surface area contributed by atoms with Gasteiger partial charge in [0, 0.05) is 0 Å². The second-order valence-corrected chi connectivity index (χ2v) is 5.31. The fourth-order valence-corrected chi connectivity index (χ4v) is 2.85. The lowest BCUT2D eigenvalue weighted by molar-refractivity contribution is -0.745. The van der Waals surface area contributed by atoms with Crippen LogP contribution in [0.1, 0.15) is 6.23 Å². The summed E-state index contributed by atoms with van der Waals surface area (Å²) in [6.07, 6.45) is -2.54. The molecule has 0 amide bonds. The third-order valence-corrected chi connectivity index (χ3v) is 3.82. The SMILES string of the molecule is Cn1c[n+]([C@@H]2O[C@H](CO)[C@@H](O)[C@H]2O)c2nc(N)nc([S-])c21. The Morgan fingerprint density at radius 2 is 2.14 bits per heavy atom. The van der Waals surface area contributed by atoms with Gasteiger partial charge in [-0.25, -0.2) is 9.55 Å². The zero-order valence-corrected chi connectivity index (χ0v) is 11.9. The van der Waals surface area contributed by atoms with E-state index >= 15 is 0 Å². The smallest absolute Gasteiger partial charge is 0.308 e. The van der Waals surface area contributed by atoms with Gasteiger partial charge in [-0.1, -0.05) is 4.98 Å². The first-order valence-corrected chi connectivity index (χ1v) is 6.68. The predicted molar refractivity (Wildman–Crippen MR) is 71.8 cm³/mol. The average molecular weight is 313 g/mol. The van der Waals surface area contributed by atoms with Gasteiger partial charge >= 0.3 is 5.65 Å². The van der Waals surface area contributed by atoms with E-state index in [1.807, 2.05) is 0 Å². The molecule has 1 aliphatic heterocycles. The number of aliphatic hydroxyl groups excluding tert-OH is 3. The molecule has 0 spiro atoms. The third kappa shape index (κ3) is 2.12. The molecule has 0 bridgehead atoms. The Labute approximate surface area is 125 Å². The first-order valence-electron chi connectivity index (χ1n) is 6.27. The summed E-state index contributed by atoms with van der Waals surface area (Å²) in [6.45, 7) is -0.399. The summed E-state index contributed by atoms with van der Waals surface area (Å²) in [4.78, 5) is 8.04. The predicted octanol–water partition coefficient (Wildman–Crippen LogP) is -2.64. The maximum absolute atomic E-state index is 10.1. The van der Waals surface area contributed by atoms with Crippen LogP contribution in [0.15, 0.2) is 11.4 Å². The molecule has 10 heteroatoms. The summed E-state index contributed by atoms with van der Waals surface area (Å²) >= 11 is 5.16. The number of nitrogens with two attached hydrogens (primary N) is 1. The van der Waals surface area contributed by atoms with Crippen LogP contribution in [0, 0.1) is 0 Å². The highest BCUT2D eigenvalue weighted by atomic mass is 32.1. The van der Waals surface area contributed by atoms with Crippen molar-refractivity contribution in [3.63, 3.8) is 0 Å². The van der Waals surface area contributed by atoms with E-state index < -0.39 is 31.1 Å². The Morgan fingerprint density at radius 1 is 1.43 bits per heavy atom. The first kappa shape index (κ1) is 14.4. The van der Waals surface area contributed by atoms with Crippen molar-refractivity contribution in [2.24, 2.45) is 7.05 Å². The molecule has 0 saturated carbocycles. The fourth-order valence-electron chi connectivity index (χ4n) is 2.52. The zero-order chi connectivity index (χ0) is 15.3. The van der Waals surface area contributed by atoms with E-state index in [1.54, 1.807) is 17.9 Å². The van der Waals surface area contributed by atoms with Gasteiger partial charge < -0.3 is 38.4 Å². The van der Waals surface area contributed by atoms with Gasteiger partial charge in [-0.3, -0.25) is 4.57 Å². The summed E-state index contributed by atoms with van der Waals surface area (Å²) in [7, 11) is 1.75. The van der Waals surface area contributed by atoms with E-state index in [-0.39, 0.29) is 11.0 Å². The Balaban J connectivity index is 2.13. The van der Waals surface area contributed by atoms with Gasteiger partial charge in [0.25, 0.3) is 5.95 Å². The number of rotatable bonds is 2. The van der Waals surface area contributed by atoms with Crippen LogP contribution in [0.25, 0.3) is 11.2 Å². The molecule has 3 heterocycles. The minimum atomic E-state index is -1.21. The van der Waals surface area contributed by atoms with E-state index in [2.05, 4.69) is 9.97 Å². The molecule has 0 aliphatic carbocycles. The number of fused-ring (bicyclic) bond motifs is 1. The largest absolute Gasteiger partial charge is 0.756 e. The summed E-state index contributed by atoms with van der Waals surface area (Å²) in [5.74, 6) is 0.0131. The van der Waals surface area contributed by atoms with Crippen LogP contribution in [-0.4, -0.2) is 54.8 Å². The molecule has 0 aromatic carbocycles. The van der Waals surface area contributed by atoms with E-state index in [0.29, 0.717) is 11.2 Å². The van der Waals surface area contributed by atoms with Crippen molar-refractivity contribution in [3.8, 4) is 0 Å². The summed E-state index contributed by atoms with van der Waals surface area (Å²) in [5, 5.41) is 29.4. The average Bonchev–Trinajstić information content (AvgIpc) is 2.89. The zero-order valence-electron chi connectivity index (χ0n) is 11.1. The van der Waals surface area contributed by atoms with Crippen molar-refractivity contribution in [1.29, 1.82) is 0 Å². The molecule has 0 unspecified atom stereocenters. The number of imidazole rings is 1. The van der Waals surface area contributed by atoms with Gasteiger partial charge in [0.05, 0.1) is 13.7 Å². The molecular weight excluding hydrogens is 298 g/mol. The molecule has 1 fully saturated rings. The van der Waals surface area contributed by atoms with Crippen LogP contribution in [0.2, 0.25) is 0 Å². The van der Waals surface area contributed by atoms with Gasteiger partial charge in [-0.05, 0) is 5.03 Å². The van der Waals surface area contributed by atoms with Crippen LogP contribution < -0.4 is 10.3 Å². The van der Waals surface area contributed by atoms with E-state index in [1.165, 1.54) is 4.57 Å². The first-order chi connectivity index (χ1) is 9.93. The molecule has 4 atom stereocenters. The molecule has 2 aromatic heterocycles. The fraction of sp³-hybridized carbons (Fsp3) is 0.545. The highest BCUT2D eigenvalue weighted by molar-refractivity contribution is 7.59. The number of nitrogens with zero attached hydrogens (tertiary/aromatic N) is 4. The Bertz CT molecular complexity index is 693. The lowest BCUT2D eigenvalue weighted by Crippen LogP contribution is -2.46. The minimum absolute atomic E-state index is 0.0131. The van der Waals surface area contributed by atoms with Crippen LogP contribution >= 0.6 is 0 Å². The van der Waals surface area contributed by atoms with Crippen LogP contribution in [0.4, 0.5) is 5.95 Å². The summed E-state index contributed by atoms with van der Waals surface area (Å²) < 4.78 is 8.69. The van der Waals surface area contributed by atoms with Crippen molar-refractivity contribution in [1.82, 2.24) is 14.5 Å². The number of anilines is 1. The van der Waals surface area contributed by atoms with E-state index in [0.717, 1.165) is 0 Å².